The van der Waals surface area contributed by atoms with Crippen molar-refractivity contribution in [3.8, 4) is 0 Å². The molecule has 3 rings (SSSR count). The molecule has 21 heavy (non-hydrogen) atoms. The maximum atomic E-state index is 4.42. The number of hydrogen-bond donors (Lipinski definition) is 1. The average molecular weight is 283 g/mol. The number of hydrogen-bond acceptors (Lipinski definition) is 5. The van der Waals surface area contributed by atoms with Crippen LogP contribution in [0.5, 0.6) is 0 Å². The SMILES string of the molecule is CNc1ncccc1CN1CCC[C@H](c2ccncn2)C1. The molecule has 5 heteroatoms. The third kappa shape index (κ3) is 3.36. The molecule has 0 unspecified atom stereocenters. The van der Waals surface area contributed by atoms with Gasteiger partial charge < -0.3 is 5.32 Å². The van der Waals surface area contributed by atoms with Gasteiger partial charge in [0.1, 0.15) is 12.1 Å². The smallest absolute Gasteiger partial charge is 0.130 e. The predicted octanol–water partition coefficient (Wildman–Crippen LogP) is 2.29. The maximum absolute atomic E-state index is 4.42. The Morgan fingerprint density at radius 2 is 2.24 bits per heavy atom. The molecule has 0 bridgehead atoms. The Labute approximate surface area is 125 Å². The third-order valence-electron chi connectivity index (χ3n) is 4.05. The molecule has 0 aromatic carbocycles. The maximum Gasteiger partial charge on any atom is 0.130 e. The van der Waals surface area contributed by atoms with Gasteiger partial charge >= 0.3 is 0 Å². The van der Waals surface area contributed by atoms with Crippen molar-refractivity contribution in [3.63, 3.8) is 0 Å². The van der Waals surface area contributed by atoms with Crippen molar-refractivity contribution in [1.29, 1.82) is 0 Å². The Hall–Kier alpha value is -2.01. The van der Waals surface area contributed by atoms with E-state index >= 15 is 0 Å². The van der Waals surface area contributed by atoms with E-state index in [1.165, 1.54) is 18.4 Å². The summed E-state index contributed by atoms with van der Waals surface area (Å²) >= 11 is 0. The van der Waals surface area contributed by atoms with Gasteiger partial charge in [-0.2, -0.15) is 0 Å². The van der Waals surface area contributed by atoms with Crippen LogP contribution in [0.15, 0.2) is 36.9 Å². The molecule has 2 aromatic rings. The molecule has 0 saturated carbocycles. The number of pyridine rings is 1. The van der Waals surface area contributed by atoms with Gasteiger partial charge in [0.25, 0.3) is 0 Å². The molecule has 1 N–H and O–H groups in total. The van der Waals surface area contributed by atoms with Crippen molar-refractivity contribution in [1.82, 2.24) is 19.9 Å². The minimum Gasteiger partial charge on any atom is -0.373 e. The first-order chi connectivity index (χ1) is 10.4. The van der Waals surface area contributed by atoms with E-state index in [0.717, 1.165) is 31.1 Å². The van der Waals surface area contributed by atoms with Crippen LogP contribution >= 0.6 is 0 Å². The van der Waals surface area contributed by atoms with E-state index in [9.17, 15) is 0 Å². The van der Waals surface area contributed by atoms with E-state index in [2.05, 4.69) is 31.2 Å². The van der Waals surface area contributed by atoms with Crippen molar-refractivity contribution in [2.24, 2.45) is 0 Å². The zero-order valence-corrected chi connectivity index (χ0v) is 12.4. The molecule has 0 amide bonds. The zero-order valence-electron chi connectivity index (χ0n) is 12.4. The van der Waals surface area contributed by atoms with Crippen LogP contribution in [-0.2, 0) is 6.54 Å². The fraction of sp³-hybridized carbons (Fsp3) is 0.438. The molecule has 110 valence electrons. The quantitative estimate of drug-likeness (QED) is 0.933. The normalized spacial score (nSPS) is 19.4. The molecule has 1 aliphatic heterocycles. The second kappa shape index (κ2) is 6.63. The summed E-state index contributed by atoms with van der Waals surface area (Å²) in [6.45, 7) is 3.13. The Morgan fingerprint density at radius 1 is 1.29 bits per heavy atom. The number of aromatic nitrogens is 3. The van der Waals surface area contributed by atoms with Gasteiger partial charge in [0.05, 0.1) is 0 Å². The van der Waals surface area contributed by atoms with Crippen LogP contribution in [0.25, 0.3) is 0 Å². The van der Waals surface area contributed by atoms with Gasteiger partial charge in [-0.05, 0) is 31.5 Å². The fourth-order valence-corrected chi connectivity index (χ4v) is 3.02. The van der Waals surface area contributed by atoms with E-state index in [4.69, 9.17) is 0 Å². The van der Waals surface area contributed by atoms with Gasteiger partial charge in [-0.15, -0.1) is 0 Å². The van der Waals surface area contributed by atoms with Crippen molar-refractivity contribution < 1.29 is 0 Å². The highest BCUT2D eigenvalue weighted by atomic mass is 15.1. The number of nitrogens with one attached hydrogen (secondary N) is 1. The number of piperidine rings is 1. The number of nitrogens with zero attached hydrogens (tertiary/aromatic N) is 4. The lowest BCUT2D eigenvalue weighted by atomic mass is 9.94. The monoisotopic (exact) mass is 283 g/mol. The van der Waals surface area contributed by atoms with Crippen molar-refractivity contribution in [2.75, 3.05) is 25.5 Å². The second-order valence-electron chi connectivity index (χ2n) is 5.47. The highest BCUT2D eigenvalue weighted by Gasteiger charge is 2.22. The molecule has 1 aliphatic rings. The topological polar surface area (TPSA) is 53.9 Å². The molecule has 3 heterocycles. The highest BCUT2D eigenvalue weighted by Crippen LogP contribution is 2.26. The first kappa shape index (κ1) is 13.9. The number of rotatable bonds is 4. The molecule has 0 aliphatic carbocycles. The summed E-state index contributed by atoms with van der Waals surface area (Å²) in [5.41, 5.74) is 2.41. The van der Waals surface area contributed by atoms with Crippen LogP contribution in [0, 0.1) is 0 Å². The van der Waals surface area contributed by atoms with Gasteiger partial charge in [0, 0.05) is 49.7 Å². The van der Waals surface area contributed by atoms with E-state index < -0.39 is 0 Å². The largest absolute Gasteiger partial charge is 0.373 e. The van der Waals surface area contributed by atoms with Gasteiger partial charge in [-0.25, -0.2) is 15.0 Å². The summed E-state index contributed by atoms with van der Waals surface area (Å²) in [5, 5.41) is 3.17. The number of anilines is 1. The molecule has 0 spiro atoms. The summed E-state index contributed by atoms with van der Waals surface area (Å²) in [4.78, 5) is 15.3. The van der Waals surface area contributed by atoms with Gasteiger partial charge in [0.15, 0.2) is 0 Å². The molecule has 1 saturated heterocycles. The van der Waals surface area contributed by atoms with Gasteiger partial charge in [-0.3, -0.25) is 4.90 Å². The van der Waals surface area contributed by atoms with E-state index in [1.54, 1.807) is 6.33 Å². The van der Waals surface area contributed by atoms with Crippen molar-refractivity contribution >= 4 is 5.82 Å². The summed E-state index contributed by atoms with van der Waals surface area (Å²) in [6.07, 6.45) is 7.73. The van der Waals surface area contributed by atoms with Gasteiger partial charge in [-0.1, -0.05) is 6.07 Å². The van der Waals surface area contributed by atoms with Crippen LogP contribution in [0.4, 0.5) is 5.82 Å². The van der Waals surface area contributed by atoms with E-state index in [1.807, 2.05) is 31.6 Å². The fourth-order valence-electron chi connectivity index (χ4n) is 3.02. The molecular weight excluding hydrogens is 262 g/mol. The van der Waals surface area contributed by atoms with Crippen LogP contribution in [0.3, 0.4) is 0 Å². The Morgan fingerprint density at radius 3 is 3.05 bits per heavy atom. The summed E-state index contributed by atoms with van der Waals surface area (Å²) in [5.74, 6) is 1.48. The van der Waals surface area contributed by atoms with Crippen LogP contribution in [-0.4, -0.2) is 40.0 Å². The van der Waals surface area contributed by atoms with Crippen LogP contribution < -0.4 is 5.32 Å². The Balaban J connectivity index is 1.69. The summed E-state index contributed by atoms with van der Waals surface area (Å²) in [6, 6.07) is 6.19. The number of likely N-dealkylation sites (tertiary alicyclic amines) is 1. The van der Waals surface area contributed by atoms with Crippen molar-refractivity contribution in [2.45, 2.75) is 25.3 Å². The van der Waals surface area contributed by atoms with E-state index in [0.29, 0.717) is 5.92 Å². The molecule has 1 atom stereocenters. The molecule has 0 radical (unpaired) electrons. The molecule has 2 aromatic heterocycles. The predicted molar refractivity (Wildman–Crippen MR) is 83.1 cm³/mol. The minimum absolute atomic E-state index is 0.511. The lowest BCUT2D eigenvalue weighted by Crippen LogP contribution is -2.34. The van der Waals surface area contributed by atoms with Crippen LogP contribution in [0.1, 0.15) is 30.0 Å². The minimum atomic E-state index is 0.511. The van der Waals surface area contributed by atoms with Crippen LogP contribution in [0.2, 0.25) is 0 Å². The summed E-state index contributed by atoms with van der Waals surface area (Å²) < 4.78 is 0. The van der Waals surface area contributed by atoms with E-state index in [-0.39, 0.29) is 0 Å². The first-order valence-electron chi connectivity index (χ1n) is 7.46. The Kier molecular flexibility index (Phi) is 4.40. The Bertz CT molecular complexity index is 572. The van der Waals surface area contributed by atoms with Crippen molar-refractivity contribution in [3.05, 3.63) is 48.2 Å². The summed E-state index contributed by atoms with van der Waals surface area (Å²) in [7, 11) is 1.92. The molecule has 1 fully saturated rings. The third-order valence-corrected chi connectivity index (χ3v) is 4.05. The zero-order chi connectivity index (χ0) is 14.5. The first-order valence-corrected chi connectivity index (χ1v) is 7.46. The van der Waals surface area contributed by atoms with Gasteiger partial charge in [0.2, 0.25) is 0 Å². The molecular formula is C16H21N5. The lowest BCUT2D eigenvalue weighted by Gasteiger charge is -2.32. The standard InChI is InChI=1S/C16H21N5/c1-17-16-14(4-2-7-19-16)11-21-9-3-5-13(10-21)15-6-8-18-12-20-15/h2,4,6-8,12-13H,3,5,9-11H2,1H3,(H,17,19)/t13-/m0/s1. The molecule has 5 nitrogen and oxygen atoms in total. The lowest BCUT2D eigenvalue weighted by molar-refractivity contribution is 0.198. The second-order valence-corrected chi connectivity index (χ2v) is 5.47. The average Bonchev–Trinajstić information content (AvgIpc) is 2.56. The highest BCUT2D eigenvalue weighted by molar-refractivity contribution is 5.42.